The van der Waals surface area contributed by atoms with Crippen LogP contribution < -0.4 is 4.74 Å². The number of nitro groups is 1. The molecule has 2 aromatic carbocycles. The maximum Gasteiger partial charge on any atom is 0.273 e. The molecule has 1 unspecified atom stereocenters. The van der Waals surface area contributed by atoms with Crippen molar-refractivity contribution in [1.29, 1.82) is 0 Å². The molecule has 0 aliphatic carbocycles. The highest BCUT2D eigenvalue weighted by Gasteiger charge is 2.30. The van der Waals surface area contributed by atoms with Gasteiger partial charge in [-0.25, -0.2) is 0 Å². The topological polar surface area (TPSA) is 60.5 Å². The van der Waals surface area contributed by atoms with Crippen LogP contribution >= 0.6 is 0 Å². The third kappa shape index (κ3) is 3.39. The SMILES string of the molecule is COc1ccccc1C1c2cccn2CCCN1Cc1ccccc1[N+](=O)[O-]. The first kappa shape index (κ1) is 18.3. The van der Waals surface area contributed by atoms with E-state index in [9.17, 15) is 10.1 Å². The first-order valence-electron chi connectivity index (χ1n) is 9.43. The van der Waals surface area contributed by atoms with Gasteiger partial charge in [0.05, 0.1) is 18.1 Å². The fourth-order valence-corrected chi connectivity index (χ4v) is 4.10. The second-order valence-corrected chi connectivity index (χ2v) is 6.98. The van der Waals surface area contributed by atoms with Crippen molar-refractivity contribution in [2.75, 3.05) is 13.7 Å². The molecule has 1 atom stereocenters. The standard InChI is InChI=1S/C22H23N3O3/c1-28-21-12-5-3-9-18(21)22-20-11-6-13-23(20)14-7-15-24(22)16-17-8-2-4-10-19(17)25(26)27/h2-6,8-13,22H,7,14-16H2,1H3. The van der Waals surface area contributed by atoms with Gasteiger partial charge in [0, 0.05) is 48.7 Å². The second-order valence-electron chi connectivity index (χ2n) is 6.98. The Morgan fingerprint density at radius 3 is 2.68 bits per heavy atom. The highest BCUT2D eigenvalue weighted by molar-refractivity contribution is 5.43. The summed E-state index contributed by atoms with van der Waals surface area (Å²) < 4.78 is 7.92. The van der Waals surface area contributed by atoms with Gasteiger partial charge in [-0.1, -0.05) is 36.4 Å². The van der Waals surface area contributed by atoms with Crippen molar-refractivity contribution in [1.82, 2.24) is 9.47 Å². The average molecular weight is 377 g/mol. The number of hydrogen-bond acceptors (Lipinski definition) is 4. The molecule has 1 aliphatic rings. The average Bonchev–Trinajstić information content (AvgIpc) is 3.10. The number of benzene rings is 2. The minimum Gasteiger partial charge on any atom is -0.496 e. The lowest BCUT2D eigenvalue weighted by molar-refractivity contribution is -0.385. The van der Waals surface area contributed by atoms with Crippen LogP contribution in [0.25, 0.3) is 0 Å². The van der Waals surface area contributed by atoms with Crippen LogP contribution in [0, 0.1) is 10.1 Å². The van der Waals surface area contributed by atoms with Gasteiger partial charge in [-0.3, -0.25) is 15.0 Å². The van der Waals surface area contributed by atoms with Crippen molar-refractivity contribution in [2.24, 2.45) is 0 Å². The van der Waals surface area contributed by atoms with Crippen molar-refractivity contribution in [2.45, 2.75) is 25.6 Å². The Labute approximate surface area is 164 Å². The number of hydrogen-bond donors (Lipinski definition) is 0. The monoisotopic (exact) mass is 377 g/mol. The lowest BCUT2D eigenvalue weighted by Crippen LogP contribution is -2.30. The maximum atomic E-state index is 11.5. The van der Waals surface area contributed by atoms with E-state index in [4.69, 9.17) is 4.74 Å². The summed E-state index contributed by atoms with van der Waals surface area (Å²) in [5.74, 6) is 0.828. The van der Waals surface area contributed by atoms with E-state index in [1.165, 1.54) is 5.69 Å². The second kappa shape index (κ2) is 7.86. The normalized spacial score (nSPS) is 17.0. The van der Waals surface area contributed by atoms with Crippen LogP contribution in [0.2, 0.25) is 0 Å². The molecule has 0 saturated heterocycles. The lowest BCUT2D eigenvalue weighted by atomic mass is 9.99. The molecule has 1 aliphatic heterocycles. The third-order valence-electron chi connectivity index (χ3n) is 5.35. The predicted octanol–water partition coefficient (Wildman–Crippen LogP) is 4.40. The van der Waals surface area contributed by atoms with Crippen molar-refractivity contribution >= 4 is 5.69 Å². The molecule has 0 bridgehead atoms. The molecule has 0 spiro atoms. The molecular formula is C22H23N3O3. The summed E-state index contributed by atoms with van der Waals surface area (Å²) >= 11 is 0. The fourth-order valence-electron chi connectivity index (χ4n) is 4.10. The van der Waals surface area contributed by atoms with Crippen LogP contribution in [-0.4, -0.2) is 28.0 Å². The zero-order chi connectivity index (χ0) is 19.5. The Hall–Kier alpha value is -3.12. The van der Waals surface area contributed by atoms with Gasteiger partial charge < -0.3 is 9.30 Å². The minimum absolute atomic E-state index is 0.0338. The Kier molecular flexibility index (Phi) is 5.12. The Morgan fingerprint density at radius 2 is 1.86 bits per heavy atom. The molecule has 0 saturated carbocycles. The Morgan fingerprint density at radius 1 is 1.07 bits per heavy atom. The fraction of sp³-hybridized carbons (Fsp3) is 0.273. The summed E-state index contributed by atoms with van der Waals surface area (Å²) in [6.45, 7) is 2.28. The van der Waals surface area contributed by atoms with Gasteiger partial charge in [0.15, 0.2) is 0 Å². The quantitative estimate of drug-likeness (QED) is 0.488. The molecule has 2 heterocycles. The summed E-state index contributed by atoms with van der Waals surface area (Å²) in [5, 5.41) is 11.5. The van der Waals surface area contributed by atoms with Gasteiger partial charge in [0.2, 0.25) is 0 Å². The van der Waals surface area contributed by atoms with Crippen LogP contribution in [0.15, 0.2) is 66.9 Å². The van der Waals surface area contributed by atoms with E-state index in [-0.39, 0.29) is 16.7 Å². The number of aryl methyl sites for hydroxylation is 1. The van der Waals surface area contributed by atoms with E-state index >= 15 is 0 Å². The van der Waals surface area contributed by atoms with Crippen molar-refractivity contribution in [3.05, 3.63) is 93.8 Å². The molecule has 0 N–H and O–H groups in total. The first-order chi connectivity index (χ1) is 13.7. The summed E-state index contributed by atoms with van der Waals surface area (Å²) in [6, 6.07) is 19.2. The van der Waals surface area contributed by atoms with Gasteiger partial charge in [0.25, 0.3) is 5.69 Å². The molecule has 0 fully saturated rings. The van der Waals surface area contributed by atoms with Crippen LogP contribution in [0.1, 0.15) is 29.3 Å². The molecular weight excluding hydrogens is 354 g/mol. The number of para-hydroxylation sites is 2. The number of nitro benzene ring substituents is 1. The van der Waals surface area contributed by atoms with Crippen LogP contribution in [-0.2, 0) is 13.1 Å². The van der Waals surface area contributed by atoms with Crippen molar-refractivity contribution in [3.63, 3.8) is 0 Å². The molecule has 0 radical (unpaired) electrons. The highest BCUT2D eigenvalue weighted by Crippen LogP contribution is 2.38. The largest absolute Gasteiger partial charge is 0.496 e. The number of fused-ring (bicyclic) bond motifs is 1. The molecule has 0 amide bonds. The first-order valence-corrected chi connectivity index (χ1v) is 9.43. The van der Waals surface area contributed by atoms with E-state index in [0.29, 0.717) is 6.54 Å². The van der Waals surface area contributed by atoms with Gasteiger partial charge in [-0.05, 0) is 24.6 Å². The smallest absolute Gasteiger partial charge is 0.273 e. The van der Waals surface area contributed by atoms with Crippen molar-refractivity contribution < 1.29 is 9.66 Å². The number of nitrogens with zero attached hydrogens (tertiary/aromatic N) is 3. The summed E-state index contributed by atoms with van der Waals surface area (Å²) in [6.07, 6.45) is 3.08. The maximum absolute atomic E-state index is 11.5. The number of methoxy groups -OCH3 is 1. The van der Waals surface area contributed by atoms with Gasteiger partial charge in [0.1, 0.15) is 5.75 Å². The zero-order valence-corrected chi connectivity index (χ0v) is 15.8. The summed E-state index contributed by atoms with van der Waals surface area (Å²) in [7, 11) is 1.68. The molecule has 4 rings (SSSR count). The molecule has 28 heavy (non-hydrogen) atoms. The molecule has 3 aromatic rings. The third-order valence-corrected chi connectivity index (χ3v) is 5.35. The van der Waals surface area contributed by atoms with E-state index < -0.39 is 0 Å². The summed E-state index contributed by atoms with van der Waals surface area (Å²) in [5.41, 5.74) is 3.15. The predicted molar refractivity (Wildman–Crippen MR) is 107 cm³/mol. The van der Waals surface area contributed by atoms with Gasteiger partial charge >= 0.3 is 0 Å². The number of ether oxygens (including phenoxy) is 1. The van der Waals surface area contributed by atoms with Crippen LogP contribution in [0.5, 0.6) is 5.75 Å². The Balaban J connectivity index is 1.80. The molecule has 1 aromatic heterocycles. The number of aromatic nitrogens is 1. The highest BCUT2D eigenvalue weighted by atomic mass is 16.6. The van der Waals surface area contributed by atoms with Crippen molar-refractivity contribution in [3.8, 4) is 5.75 Å². The van der Waals surface area contributed by atoms with E-state index in [2.05, 4.69) is 33.9 Å². The van der Waals surface area contributed by atoms with Crippen LogP contribution in [0.3, 0.4) is 0 Å². The van der Waals surface area contributed by atoms with E-state index in [1.807, 2.05) is 30.3 Å². The minimum atomic E-state index is -0.298. The van der Waals surface area contributed by atoms with E-state index in [0.717, 1.165) is 36.4 Å². The van der Waals surface area contributed by atoms with Crippen LogP contribution in [0.4, 0.5) is 5.69 Å². The molecule has 6 nitrogen and oxygen atoms in total. The van der Waals surface area contributed by atoms with Gasteiger partial charge in [-0.2, -0.15) is 0 Å². The van der Waals surface area contributed by atoms with E-state index in [1.54, 1.807) is 19.2 Å². The Bertz CT molecular complexity index is 982. The summed E-state index contributed by atoms with van der Waals surface area (Å²) in [4.78, 5) is 13.5. The molecule has 144 valence electrons. The number of rotatable bonds is 5. The van der Waals surface area contributed by atoms with Gasteiger partial charge in [-0.15, -0.1) is 0 Å². The lowest BCUT2D eigenvalue weighted by Gasteiger charge is -2.31. The molecule has 6 heteroatoms. The zero-order valence-electron chi connectivity index (χ0n) is 15.8.